The zero-order chi connectivity index (χ0) is 14.2. The average molecular weight is 279 g/mol. The first kappa shape index (κ1) is 12.9. The molecule has 108 valence electrons. The van der Waals surface area contributed by atoms with Gasteiger partial charge >= 0.3 is 0 Å². The second-order valence-electron chi connectivity index (χ2n) is 6.11. The van der Waals surface area contributed by atoms with Gasteiger partial charge in [-0.1, -0.05) is 36.4 Å². The third kappa shape index (κ3) is 2.14. The molecule has 0 bridgehead atoms. The van der Waals surface area contributed by atoms with E-state index in [0.29, 0.717) is 12.0 Å². The molecule has 0 unspecified atom stereocenters. The fourth-order valence-electron chi connectivity index (χ4n) is 3.98. The predicted molar refractivity (Wildman–Crippen MR) is 84.8 cm³/mol. The Kier molecular flexibility index (Phi) is 3.19. The highest BCUT2D eigenvalue weighted by molar-refractivity contribution is 5.43. The van der Waals surface area contributed by atoms with Gasteiger partial charge in [0, 0.05) is 18.5 Å². The van der Waals surface area contributed by atoms with Gasteiger partial charge in [-0.05, 0) is 48.2 Å². The predicted octanol–water partition coefficient (Wildman–Crippen LogP) is 3.98. The molecule has 0 saturated carbocycles. The van der Waals surface area contributed by atoms with Gasteiger partial charge < -0.3 is 4.74 Å². The number of hydrogen-bond acceptors (Lipinski definition) is 2. The van der Waals surface area contributed by atoms with Crippen molar-refractivity contribution in [2.24, 2.45) is 0 Å². The lowest BCUT2D eigenvalue weighted by molar-refractivity contribution is 0.230. The van der Waals surface area contributed by atoms with Crippen LogP contribution in [0, 0.1) is 0 Å². The summed E-state index contributed by atoms with van der Waals surface area (Å²) in [4.78, 5) is 2.66. The van der Waals surface area contributed by atoms with E-state index in [9.17, 15) is 0 Å². The third-order valence-electron chi connectivity index (χ3n) is 5.03. The van der Waals surface area contributed by atoms with Gasteiger partial charge in [0.25, 0.3) is 0 Å². The molecule has 21 heavy (non-hydrogen) atoms. The highest BCUT2D eigenvalue weighted by Gasteiger charge is 2.35. The Hall–Kier alpha value is -1.80. The summed E-state index contributed by atoms with van der Waals surface area (Å²) in [6.07, 6.45) is 2.64. The fourth-order valence-corrected chi connectivity index (χ4v) is 3.98. The lowest BCUT2D eigenvalue weighted by Gasteiger charge is -2.37. The molecular weight excluding hydrogens is 258 g/mol. The van der Waals surface area contributed by atoms with Gasteiger partial charge in [0.2, 0.25) is 0 Å². The van der Waals surface area contributed by atoms with E-state index in [4.69, 9.17) is 4.74 Å². The summed E-state index contributed by atoms with van der Waals surface area (Å²) in [5, 5.41) is 0. The summed E-state index contributed by atoms with van der Waals surface area (Å²) in [5.41, 5.74) is 4.46. The van der Waals surface area contributed by atoms with Crippen molar-refractivity contribution in [3.05, 3.63) is 65.2 Å². The Labute approximate surface area is 126 Å². The summed E-state index contributed by atoms with van der Waals surface area (Å²) in [5.74, 6) is 1.42. The van der Waals surface area contributed by atoms with Crippen LogP contribution in [0.4, 0.5) is 0 Å². The Morgan fingerprint density at radius 3 is 2.52 bits per heavy atom. The maximum Gasteiger partial charge on any atom is 0.118 e. The quantitative estimate of drug-likeness (QED) is 0.824. The standard InChI is InChI=1S/C19H21NO/c1-21-15-10-8-14(9-11-15)18-13-20-12-4-7-19(20)17-6-3-2-5-16(17)18/h2-3,5-6,8-11,18-19H,4,7,12-13H2,1H3/t18-,19+/m0/s1. The van der Waals surface area contributed by atoms with Crippen LogP contribution in [0.1, 0.15) is 41.5 Å². The Morgan fingerprint density at radius 1 is 1.00 bits per heavy atom. The minimum absolute atomic E-state index is 0.487. The molecule has 2 heteroatoms. The monoisotopic (exact) mass is 279 g/mol. The van der Waals surface area contributed by atoms with Gasteiger partial charge in [-0.2, -0.15) is 0 Å². The first-order valence-electron chi connectivity index (χ1n) is 7.83. The molecule has 2 aliphatic heterocycles. The molecule has 2 aromatic carbocycles. The number of nitrogens with zero attached hydrogens (tertiary/aromatic N) is 1. The van der Waals surface area contributed by atoms with E-state index in [1.165, 1.54) is 30.5 Å². The number of hydrogen-bond donors (Lipinski definition) is 0. The van der Waals surface area contributed by atoms with Gasteiger partial charge in [0.05, 0.1) is 7.11 Å². The van der Waals surface area contributed by atoms with Crippen LogP contribution >= 0.6 is 0 Å². The summed E-state index contributed by atoms with van der Waals surface area (Å²) >= 11 is 0. The Morgan fingerprint density at radius 2 is 1.76 bits per heavy atom. The highest BCUT2D eigenvalue weighted by Crippen LogP contribution is 2.44. The molecule has 2 heterocycles. The molecule has 2 aromatic rings. The minimum atomic E-state index is 0.487. The number of fused-ring (bicyclic) bond motifs is 3. The van der Waals surface area contributed by atoms with Crippen molar-refractivity contribution in [1.29, 1.82) is 0 Å². The van der Waals surface area contributed by atoms with Crippen LogP contribution in [0.5, 0.6) is 5.75 Å². The molecule has 0 spiro atoms. The van der Waals surface area contributed by atoms with Crippen molar-refractivity contribution in [3.63, 3.8) is 0 Å². The van der Waals surface area contributed by atoms with Crippen LogP contribution in [0.2, 0.25) is 0 Å². The molecule has 0 amide bonds. The van der Waals surface area contributed by atoms with E-state index in [-0.39, 0.29) is 0 Å². The minimum Gasteiger partial charge on any atom is -0.497 e. The molecule has 1 fully saturated rings. The molecule has 2 atom stereocenters. The van der Waals surface area contributed by atoms with E-state index in [2.05, 4.69) is 53.4 Å². The van der Waals surface area contributed by atoms with Crippen molar-refractivity contribution < 1.29 is 4.74 Å². The maximum absolute atomic E-state index is 5.28. The van der Waals surface area contributed by atoms with Crippen LogP contribution in [-0.4, -0.2) is 25.1 Å². The van der Waals surface area contributed by atoms with E-state index in [0.717, 1.165) is 12.3 Å². The van der Waals surface area contributed by atoms with Gasteiger partial charge in [0.1, 0.15) is 5.75 Å². The lowest BCUT2D eigenvalue weighted by Crippen LogP contribution is -2.34. The molecule has 4 rings (SSSR count). The van der Waals surface area contributed by atoms with Crippen LogP contribution < -0.4 is 4.74 Å². The smallest absolute Gasteiger partial charge is 0.118 e. The van der Waals surface area contributed by atoms with Crippen molar-refractivity contribution in [2.45, 2.75) is 24.8 Å². The number of ether oxygens (including phenoxy) is 1. The summed E-state index contributed by atoms with van der Waals surface area (Å²) in [6, 6.07) is 18.3. The number of rotatable bonds is 2. The Bertz CT molecular complexity index is 634. The topological polar surface area (TPSA) is 12.5 Å². The second kappa shape index (κ2) is 5.19. The van der Waals surface area contributed by atoms with E-state index in [1.54, 1.807) is 12.7 Å². The molecule has 0 radical (unpaired) electrons. The van der Waals surface area contributed by atoms with E-state index < -0.39 is 0 Å². The summed E-state index contributed by atoms with van der Waals surface area (Å²) in [6.45, 7) is 2.39. The third-order valence-corrected chi connectivity index (χ3v) is 5.03. The van der Waals surface area contributed by atoms with Gasteiger partial charge in [-0.15, -0.1) is 0 Å². The molecule has 0 aliphatic carbocycles. The first-order chi connectivity index (χ1) is 10.4. The molecule has 0 aromatic heterocycles. The van der Waals surface area contributed by atoms with Crippen molar-refractivity contribution in [2.75, 3.05) is 20.2 Å². The summed E-state index contributed by atoms with van der Waals surface area (Å²) < 4.78 is 5.28. The SMILES string of the molecule is COc1ccc([C@@H]2CN3CCC[C@@H]3c3ccccc32)cc1. The zero-order valence-electron chi connectivity index (χ0n) is 12.5. The molecule has 2 nitrogen and oxygen atoms in total. The second-order valence-corrected chi connectivity index (χ2v) is 6.11. The zero-order valence-corrected chi connectivity index (χ0v) is 12.5. The first-order valence-corrected chi connectivity index (χ1v) is 7.83. The van der Waals surface area contributed by atoms with Crippen molar-refractivity contribution in [3.8, 4) is 5.75 Å². The van der Waals surface area contributed by atoms with E-state index >= 15 is 0 Å². The van der Waals surface area contributed by atoms with E-state index in [1.807, 2.05) is 0 Å². The normalized spacial score (nSPS) is 24.4. The number of methoxy groups -OCH3 is 1. The van der Waals surface area contributed by atoms with Crippen LogP contribution in [0.15, 0.2) is 48.5 Å². The van der Waals surface area contributed by atoms with Gasteiger partial charge in [0.15, 0.2) is 0 Å². The number of benzene rings is 2. The Balaban J connectivity index is 1.76. The van der Waals surface area contributed by atoms with Crippen LogP contribution in [0.3, 0.4) is 0 Å². The van der Waals surface area contributed by atoms with Gasteiger partial charge in [-0.3, -0.25) is 4.90 Å². The van der Waals surface area contributed by atoms with Crippen molar-refractivity contribution in [1.82, 2.24) is 4.90 Å². The largest absolute Gasteiger partial charge is 0.497 e. The van der Waals surface area contributed by atoms with Crippen molar-refractivity contribution >= 4 is 0 Å². The molecule has 0 N–H and O–H groups in total. The fraction of sp³-hybridized carbons (Fsp3) is 0.368. The molecular formula is C19H21NO. The average Bonchev–Trinajstić information content (AvgIpc) is 3.03. The lowest BCUT2D eigenvalue weighted by atomic mass is 9.82. The molecule has 1 saturated heterocycles. The molecule has 2 aliphatic rings. The maximum atomic E-state index is 5.28. The summed E-state index contributed by atoms with van der Waals surface area (Å²) in [7, 11) is 1.72. The van der Waals surface area contributed by atoms with Crippen LogP contribution in [-0.2, 0) is 0 Å². The van der Waals surface area contributed by atoms with Gasteiger partial charge in [-0.25, -0.2) is 0 Å². The highest BCUT2D eigenvalue weighted by atomic mass is 16.5. The van der Waals surface area contributed by atoms with Crippen LogP contribution in [0.25, 0.3) is 0 Å².